The highest BCUT2D eigenvalue weighted by atomic mass is 79.9. The maximum absolute atomic E-state index is 14.2. The third kappa shape index (κ3) is 5.15. The van der Waals surface area contributed by atoms with Crippen molar-refractivity contribution in [2.75, 3.05) is 18.1 Å². The van der Waals surface area contributed by atoms with Crippen molar-refractivity contribution in [2.24, 2.45) is 0 Å². The van der Waals surface area contributed by atoms with Crippen molar-refractivity contribution in [3.05, 3.63) is 63.9 Å². The summed E-state index contributed by atoms with van der Waals surface area (Å²) in [6, 6.07) is 10.4. The summed E-state index contributed by atoms with van der Waals surface area (Å²) in [6.45, 7) is 1.68. The monoisotopic (exact) mass is 506 g/mol. The van der Waals surface area contributed by atoms with E-state index in [9.17, 15) is 18.8 Å². The fourth-order valence-electron chi connectivity index (χ4n) is 2.74. The van der Waals surface area contributed by atoms with Crippen molar-refractivity contribution in [3.63, 3.8) is 0 Å². The van der Waals surface area contributed by atoms with Crippen LogP contribution in [0.5, 0.6) is 5.75 Å². The summed E-state index contributed by atoms with van der Waals surface area (Å²) in [5.41, 5.74) is 0.214. The van der Waals surface area contributed by atoms with Crippen molar-refractivity contribution in [3.8, 4) is 5.75 Å². The molecule has 0 atom stereocenters. The lowest BCUT2D eigenvalue weighted by atomic mass is 10.1. The van der Waals surface area contributed by atoms with Crippen LogP contribution in [0.3, 0.4) is 0 Å². The Morgan fingerprint density at radius 1 is 1.26 bits per heavy atom. The van der Waals surface area contributed by atoms with Crippen molar-refractivity contribution < 1.29 is 28.2 Å². The molecule has 1 fully saturated rings. The molecule has 2 amide bonds. The van der Waals surface area contributed by atoms with Crippen molar-refractivity contribution in [1.82, 2.24) is 5.32 Å². The van der Waals surface area contributed by atoms with Crippen LogP contribution in [-0.2, 0) is 19.1 Å². The van der Waals surface area contributed by atoms with E-state index in [1.165, 1.54) is 24.3 Å². The first-order valence-corrected chi connectivity index (χ1v) is 10.3. The van der Waals surface area contributed by atoms with E-state index >= 15 is 0 Å². The van der Waals surface area contributed by atoms with Crippen LogP contribution in [0, 0.1) is 5.82 Å². The highest BCUT2D eigenvalue weighted by Crippen LogP contribution is 2.28. The molecular formula is C21H16BrFN2O5S. The quantitative estimate of drug-likeness (QED) is 0.280. The van der Waals surface area contributed by atoms with E-state index < -0.39 is 23.6 Å². The number of benzene rings is 2. The van der Waals surface area contributed by atoms with Gasteiger partial charge in [-0.1, -0.05) is 18.2 Å². The first-order valence-electron chi connectivity index (χ1n) is 9.05. The van der Waals surface area contributed by atoms with Crippen LogP contribution in [-0.4, -0.2) is 36.1 Å². The molecule has 2 aromatic rings. The van der Waals surface area contributed by atoms with Crippen molar-refractivity contribution >= 4 is 62.8 Å². The van der Waals surface area contributed by atoms with Crippen molar-refractivity contribution in [2.45, 2.75) is 6.92 Å². The van der Waals surface area contributed by atoms with Gasteiger partial charge in [-0.2, -0.15) is 0 Å². The lowest BCUT2D eigenvalue weighted by molar-refractivity contribution is -0.145. The Morgan fingerprint density at radius 2 is 2.00 bits per heavy atom. The predicted molar refractivity (Wildman–Crippen MR) is 119 cm³/mol. The van der Waals surface area contributed by atoms with Gasteiger partial charge >= 0.3 is 5.97 Å². The minimum atomic E-state index is -0.752. The number of hydrogen-bond acceptors (Lipinski definition) is 6. The number of esters is 1. The molecule has 1 aliphatic heterocycles. The number of rotatable bonds is 6. The van der Waals surface area contributed by atoms with Gasteiger partial charge in [0.2, 0.25) is 0 Å². The van der Waals surface area contributed by atoms with Crippen molar-refractivity contribution in [1.29, 1.82) is 0 Å². The van der Waals surface area contributed by atoms with Gasteiger partial charge in [0, 0.05) is 0 Å². The first kappa shape index (κ1) is 22.6. The van der Waals surface area contributed by atoms with E-state index in [1.807, 2.05) is 0 Å². The maximum Gasteiger partial charge on any atom is 0.344 e. The summed E-state index contributed by atoms with van der Waals surface area (Å²) in [5, 5.41) is 2.19. The third-order valence-corrected chi connectivity index (χ3v) is 5.02. The minimum absolute atomic E-state index is 0.0627. The lowest BCUT2D eigenvalue weighted by Crippen LogP contribution is -2.54. The number of carbonyl (C=O) groups excluding carboxylic acids is 3. The zero-order valence-corrected chi connectivity index (χ0v) is 18.6. The Morgan fingerprint density at radius 3 is 2.68 bits per heavy atom. The smallest absolute Gasteiger partial charge is 0.344 e. The van der Waals surface area contributed by atoms with Crippen LogP contribution in [0.4, 0.5) is 10.1 Å². The predicted octanol–water partition coefficient (Wildman–Crippen LogP) is 3.36. The molecule has 0 aliphatic carbocycles. The topological polar surface area (TPSA) is 84.9 Å². The molecule has 0 unspecified atom stereocenters. The van der Waals surface area contributed by atoms with E-state index in [-0.39, 0.29) is 29.6 Å². The molecule has 1 saturated heterocycles. The number of anilines is 1. The first-order chi connectivity index (χ1) is 14.8. The number of nitrogens with one attached hydrogen (secondary N) is 1. The van der Waals surface area contributed by atoms with Gasteiger partial charge in [-0.05, 0) is 71.0 Å². The number of nitrogens with zero attached hydrogens (tertiary/aromatic N) is 1. The molecule has 3 rings (SSSR count). The number of amides is 2. The number of carbonyl (C=O) groups is 3. The second-order valence-electron chi connectivity index (χ2n) is 6.19. The van der Waals surface area contributed by atoms with Gasteiger partial charge < -0.3 is 9.47 Å². The van der Waals surface area contributed by atoms with E-state index in [4.69, 9.17) is 21.7 Å². The van der Waals surface area contributed by atoms with Crippen LogP contribution in [0.1, 0.15) is 12.5 Å². The van der Waals surface area contributed by atoms with Gasteiger partial charge in [-0.25, -0.2) is 14.1 Å². The summed E-state index contributed by atoms with van der Waals surface area (Å²) >= 11 is 8.39. The molecule has 1 heterocycles. The standard InChI is InChI=1S/C21H16BrFN2O5S/c1-2-29-18(26)11-30-17-8-7-12(10-14(17)22)9-13-19(27)24-21(31)25(20(13)28)16-6-4-3-5-15(16)23/h3-10H,2,11H2,1H3,(H,24,27,31)/b13-9+. The third-order valence-electron chi connectivity index (χ3n) is 4.11. The molecule has 0 spiro atoms. The highest BCUT2D eigenvalue weighted by molar-refractivity contribution is 9.10. The number of hydrogen-bond donors (Lipinski definition) is 1. The van der Waals surface area contributed by atoms with E-state index in [0.717, 1.165) is 4.90 Å². The Labute approximate surface area is 190 Å². The molecule has 31 heavy (non-hydrogen) atoms. The summed E-state index contributed by atoms with van der Waals surface area (Å²) in [6.07, 6.45) is 1.35. The number of thiocarbonyl (C=S) groups is 1. The van der Waals surface area contributed by atoms with E-state index in [2.05, 4.69) is 21.2 Å². The Balaban J connectivity index is 1.86. The second kappa shape index (κ2) is 9.80. The van der Waals surface area contributed by atoms with Crippen LogP contribution < -0.4 is 15.0 Å². The minimum Gasteiger partial charge on any atom is -0.481 e. The molecule has 0 aromatic heterocycles. The van der Waals surface area contributed by atoms with Gasteiger partial charge in [0.1, 0.15) is 17.1 Å². The van der Waals surface area contributed by atoms with E-state index in [1.54, 1.807) is 31.2 Å². The maximum atomic E-state index is 14.2. The van der Waals surface area contributed by atoms with Gasteiger partial charge in [0.05, 0.1) is 16.8 Å². The molecule has 0 bridgehead atoms. The number of para-hydroxylation sites is 1. The summed E-state index contributed by atoms with van der Waals surface area (Å²) in [7, 11) is 0. The second-order valence-corrected chi connectivity index (χ2v) is 7.43. The molecule has 7 nitrogen and oxygen atoms in total. The number of ether oxygens (including phenoxy) is 2. The van der Waals surface area contributed by atoms with Crippen LogP contribution in [0.25, 0.3) is 6.08 Å². The molecule has 0 saturated carbocycles. The van der Waals surface area contributed by atoms with Gasteiger partial charge in [-0.3, -0.25) is 14.9 Å². The van der Waals surface area contributed by atoms with Crippen LogP contribution in [0.15, 0.2) is 52.5 Å². The molecule has 1 N–H and O–H groups in total. The molecule has 0 radical (unpaired) electrons. The zero-order chi connectivity index (χ0) is 22.5. The molecular weight excluding hydrogens is 491 g/mol. The fraction of sp³-hybridized carbons (Fsp3) is 0.143. The SMILES string of the molecule is CCOC(=O)COc1ccc(/C=C2\C(=O)NC(=S)N(c3ccccc3F)C2=O)cc1Br. The molecule has 160 valence electrons. The Bertz CT molecular complexity index is 1100. The molecule has 1 aliphatic rings. The summed E-state index contributed by atoms with van der Waals surface area (Å²) in [4.78, 5) is 37.7. The molecule has 2 aromatic carbocycles. The van der Waals surface area contributed by atoms with Gasteiger partial charge in [-0.15, -0.1) is 0 Å². The Kier molecular flexibility index (Phi) is 7.13. The highest BCUT2D eigenvalue weighted by Gasteiger charge is 2.35. The van der Waals surface area contributed by atoms with Crippen LogP contribution >= 0.6 is 28.1 Å². The van der Waals surface area contributed by atoms with E-state index in [0.29, 0.717) is 15.8 Å². The number of halogens is 2. The summed E-state index contributed by atoms with van der Waals surface area (Å²) in [5.74, 6) is -2.23. The fourth-order valence-corrected chi connectivity index (χ4v) is 3.52. The summed E-state index contributed by atoms with van der Waals surface area (Å²) < 4.78 is 24.9. The average molecular weight is 507 g/mol. The van der Waals surface area contributed by atoms with Crippen LogP contribution in [0.2, 0.25) is 0 Å². The van der Waals surface area contributed by atoms with Gasteiger partial charge in [0.15, 0.2) is 11.7 Å². The Hall–Kier alpha value is -3.11. The van der Waals surface area contributed by atoms with Gasteiger partial charge in [0.25, 0.3) is 11.8 Å². The lowest BCUT2D eigenvalue weighted by Gasteiger charge is -2.29. The normalized spacial score (nSPS) is 15.1. The zero-order valence-electron chi connectivity index (χ0n) is 16.2. The molecule has 10 heteroatoms. The average Bonchev–Trinajstić information content (AvgIpc) is 2.72. The largest absolute Gasteiger partial charge is 0.481 e.